The molecular weight excluding hydrogens is 528 g/mol. The molecule has 3 aromatic rings. The summed E-state index contributed by atoms with van der Waals surface area (Å²) in [5.41, 5.74) is 4.98. The lowest BCUT2D eigenvalue weighted by Crippen LogP contribution is -2.10. The first-order chi connectivity index (χ1) is 17.4. The topological polar surface area (TPSA) is 98.0 Å². The van der Waals surface area contributed by atoms with Crippen LogP contribution in [0.15, 0.2) is 40.9 Å². The van der Waals surface area contributed by atoms with Crippen LogP contribution in [-0.4, -0.2) is 22.6 Å². The van der Waals surface area contributed by atoms with Gasteiger partial charge in [-0.2, -0.15) is 18.2 Å². The summed E-state index contributed by atoms with van der Waals surface area (Å²) < 4.78 is 51.9. The van der Waals surface area contributed by atoms with Gasteiger partial charge in [0, 0.05) is 11.5 Å². The molecule has 0 radical (unpaired) electrons. The molecule has 0 aliphatic carbocycles. The highest BCUT2D eigenvalue weighted by Crippen LogP contribution is 2.38. The molecule has 11 heteroatoms. The van der Waals surface area contributed by atoms with Crippen molar-refractivity contribution in [3.63, 3.8) is 0 Å². The van der Waals surface area contributed by atoms with Gasteiger partial charge in [0.25, 0.3) is 0 Å². The second kappa shape index (κ2) is 14.2. The molecule has 3 rings (SSSR count). The summed E-state index contributed by atoms with van der Waals surface area (Å²) in [6.45, 7) is 5.69. The average Bonchev–Trinajstić information content (AvgIpc) is 3.32. The van der Waals surface area contributed by atoms with Gasteiger partial charge in [-0.25, -0.2) is 0 Å². The summed E-state index contributed by atoms with van der Waals surface area (Å²) in [5.74, 6) is 0.534. The van der Waals surface area contributed by atoms with Crippen molar-refractivity contribution in [3.05, 3.63) is 63.5 Å². The fourth-order valence-electron chi connectivity index (χ4n) is 3.36. The van der Waals surface area contributed by atoms with Gasteiger partial charge in [-0.15, -0.1) is 0 Å². The van der Waals surface area contributed by atoms with Crippen molar-refractivity contribution in [1.29, 1.82) is 5.41 Å². The van der Waals surface area contributed by atoms with E-state index in [1.54, 1.807) is 12.1 Å². The highest BCUT2D eigenvalue weighted by molar-refractivity contribution is 6.42. The number of rotatable bonds is 10. The van der Waals surface area contributed by atoms with Gasteiger partial charge in [0.15, 0.2) is 0 Å². The Morgan fingerprint density at radius 2 is 1.84 bits per heavy atom. The first kappa shape index (κ1) is 30.4. The van der Waals surface area contributed by atoms with E-state index in [0.717, 1.165) is 30.9 Å². The number of nitrogens with zero attached hydrogens (tertiary/aromatic N) is 2. The zero-order chi connectivity index (χ0) is 27.6. The molecule has 6 nitrogen and oxygen atoms in total. The van der Waals surface area contributed by atoms with Crippen molar-refractivity contribution in [1.82, 2.24) is 10.1 Å². The Morgan fingerprint density at radius 3 is 2.46 bits per heavy atom. The smallest absolute Gasteiger partial charge is 0.419 e. The number of amidine groups is 1. The molecule has 0 amide bonds. The minimum absolute atomic E-state index is 0.0476. The van der Waals surface area contributed by atoms with Crippen molar-refractivity contribution in [2.24, 2.45) is 5.73 Å². The Morgan fingerprint density at radius 1 is 1.14 bits per heavy atom. The fraction of sp³-hybridized carbons (Fsp3) is 0.423. The summed E-state index contributed by atoms with van der Waals surface area (Å²) >= 11 is 11.9. The van der Waals surface area contributed by atoms with Crippen LogP contribution in [0.5, 0.6) is 5.75 Å². The third kappa shape index (κ3) is 9.89. The molecule has 1 aromatic heterocycles. The SMILES string of the molecule is CC(=N)N.CCCC[C@H](C)c1nc(-c2ccc(OCCCc3ccc(Cl)c(Cl)c3)c(C(F)(F)F)c2)no1. The van der Waals surface area contributed by atoms with Crippen molar-refractivity contribution >= 4 is 29.0 Å². The minimum Gasteiger partial charge on any atom is -0.493 e. The third-order valence-electron chi connectivity index (χ3n) is 5.25. The second-order valence-electron chi connectivity index (χ2n) is 8.59. The van der Waals surface area contributed by atoms with Crippen LogP contribution in [0, 0.1) is 5.41 Å². The van der Waals surface area contributed by atoms with Gasteiger partial charge in [-0.05, 0) is 62.1 Å². The Balaban J connectivity index is 0.00000112. The van der Waals surface area contributed by atoms with E-state index in [2.05, 4.69) is 17.1 Å². The third-order valence-corrected chi connectivity index (χ3v) is 5.99. The number of nitrogens with one attached hydrogen (secondary N) is 1. The monoisotopic (exact) mass is 558 g/mol. The van der Waals surface area contributed by atoms with Crippen molar-refractivity contribution < 1.29 is 22.4 Å². The van der Waals surface area contributed by atoms with Crippen molar-refractivity contribution in [2.45, 2.75) is 65.0 Å². The molecule has 1 atom stereocenters. The molecule has 3 N–H and O–H groups in total. The van der Waals surface area contributed by atoms with Gasteiger partial charge in [-0.3, -0.25) is 5.41 Å². The van der Waals surface area contributed by atoms with Gasteiger partial charge in [0.2, 0.25) is 11.7 Å². The van der Waals surface area contributed by atoms with Crippen LogP contribution in [0.1, 0.15) is 69.4 Å². The highest BCUT2D eigenvalue weighted by atomic mass is 35.5. The Bertz CT molecular complexity index is 1160. The van der Waals surface area contributed by atoms with E-state index in [9.17, 15) is 13.2 Å². The molecule has 0 fully saturated rings. The van der Waals surface area contributed by atoms with E-state index < -0.39 is 11.7 Å². The lowest BCUT2D eigenvalue weighted by Gasteiger charge is -2.15. The number of ether oxygens (including phenoxy) is 1. The Hall–Kier alpha value is -2.78. The number of aryl methyl sites for hydroxylation is 1. The maximum Gasteiger partial charge on any atom is 0.419 e. The summed E-state index contributed by atoms with van der Waals surface area (Å²) in [4.78, 5) is 4.30. The van der Waals surface area contributed by atoms with E-state index in [-0.39, 0.29) is 35.5 Å². The van der Waals surface area contributed by atoms with Crippen molar-refractivity contribution in [2.75, 3.05) is 6.61 Å². The van der Waals surface area contributed by atoms with Crippen LogP contribution in [-0.2, 0) is 12.6 Å². The summed E-state index contributed by atoms with van der Waals surface area (Å²) in [5, 5.41) is 11.0. The number of hydrogen-bond donors (Lipinski definition) is 2. The van der Waals surface area contributed by atoms with Gasteiger partial charge in [0.05, 0.1) is 28.1 Å². The molecule has 0 unspecified atom stereocenters. The van der Waals surface area contributed by atoms with Crippen LogP contribution < -0.4 is 10.5 Å². The van der Waals surface area contributed by atoms with Crippen LogP contribution >= 0.6 is 23.2 Å². The first-order valence-corrected chi connectivity index (χ1v) is 12.6. The fourth-order valence-corrected chi connectivity index (χ4v) is 3.68. The Labute approximate surface area is 224 Å². The largest absolute Gasteiger partial charge is 0.493 e. The average molecular weight is 559 g/mol. The number of hydrogen-bond acceptors (Lipinski definition) is 5. The highest BCUT2D eigenvalue weighted by Gasteiger charge is 2.35. The minimum atomic E-state index is -4.59. The number of benzene rings is 2. The number of unbranched alkanes of at least 4 members (excludes halogenated alkanes) is 1. The summed E-state index contributed by atoms with van der Waals surface area (Å²) in [7, 11) is 0. The van der Waals surface area contributed by atoms with Crippen LogP contribution in [0.4, 0.5) is 13.2 Å². The molecule has 37 heavy (non-hydrogen) atoms. The van der Waals surface area contributed by atoms with E-state index in [0.29, 0.717) is 28.8 Å². The molecule has 1 heterocycles. The maximum absolute atomic E-state index is 13.7. The van der Waals surface area contributed by atoms with Gasteiger partial charge < -0.3 is 15.0 Å². The molecule has 0 aliphatic heterocycles. The molecule has 0 aliphatic rings. The normalized spacial score (nSPS) is 12.0. The summed E-state index contributed by atoms with van der Waals surface area (Å²) in [6, 6.07) is 9.06. The molecular formula is C26H31Cl2F3N4O2. The van der Waals surface area contributed by atoms with E-state index in [1.165, 1.54) is 19.1 Å². The van der Waals surface area contributed by atoms with Gasteiger partial charge in [-0.1, -0.05) is 61.1 Å². The molecule has 0 saturated heterocycles. The summed E-state index contributed by atoms with van der Waals surface area (Å²) in [6.07, 6.45) is -0.556. The van der Waals surface area contributed by atoms with Gasteiger partial charge >= 0.3 is 6.18 Å². The van der Waals surface area contributed by atoms with E-state index in [1.807, 2.05) is 13.0 Å². The lowest BCUT2D eigenvalue weighted by atomic mass is 10.0. The maximum atomic E-state index is 13.7. The number of aromatic nitrogens is 2. The molecule has 202 valence electrons. The standard InChI is InChI=1S/C24H25Cl2F3N2O2.C2H6N2/c1-3-4-6-15(2)23-30-22(31-33-23)17-9-11-21(18(14-17)24(27,28)29)32-12-5-7-16-8-10-19(25)20(26)13-16;1-2(3)4/h8-11,13-15H,3-7,12H2,1-2H3;1H3,(H3,3,4)/t15-;/m0./s1. The van der Waals surface area contributed by atoms with Crippen LogP contribution in [0.2, 0.25) is 10.0 Å². The molecule has 0 saturated carbocycles. The van der Waals surface area contributed by atoms with E-state index >= 15 is 0 Å². The Kier molecular flexibility index (Phi) is 11.7. The number of halogens is 5. The predicted molar refractivity (Wildman–Crippen MR) is 141 cm³/mol. The molecule has 0 bridgehead atoms. The van der Waals surface area contributed by atoms with Crippen LogP contribution in [0.25, 0.3) is 11.4 Å². The lowest BCUT2D eigenvalue weighted by molar-refractivity contribution is -0.138. The molecule has 0 spiro atoms. The number of alkyl halides is 3. The van der Waals surface area contributed by atoms with Gasteiger partial charge in [0.1, 0.15) is 5.75 Å². The zero-order valence-electron chi connectivity index (χ0n) is 21.0. The first-order valence-electron chi connectivity index (χ1n) is 11.8. The van der Waals surface area contributed by atoms with E-state index in [4.69, 9.17) is 43.6 Å². The van der Waals surface area contributed by atoms with Crippen molar-refractivity contribution in [3.8, 4) is 17.1 Å². The predicted octanol–water partition coefficient (Wildman–Crippen LogP) is 8.31. The molecule has 2 aromatic carbocycles. The second-order valence-corrected chi connectivity index (χ2v) is 9.41. The number of nitrogens with two attached hydrogens (primary N) is 1. The quantitative estimate of drug-likeness (QED) is 0.148. The van der Waals surface area contributed by atoms with Crippen LogP contribution in [0.3, 0.4) is 0 Å². The zero-order valence-corrected chi connectivity index (χ0v) is 22.5.